The molecule has 1 aliphatic carbocycles. The van der Waals surface area contributed by atoms with Crippen LogP contribution in [0, 0.1) is 5.92 Å². The molecule has 0 aliphatic heterocycles. The normalized spacial score (nSPS) is 18.5. The maximum absolute atomic E-state index is 12.4. The number of hydrogen-bond acceptors (Lipinski definition) is 4. The number of benzene rings is 2. The summed E-state index contributed by atoms with van der Waals surface area (Å²) >= 11 is 0. The summed E-state index contributed by atoms with van der Waals surface area (Å²) in [6, 6.07) is 14.2. The third-order valence-corrected chi connectivity index (χ3v) is 5.21. The topological polar surface area (TPSA) is 59.9 Å². The lowest BCUT2D eigenvalue weighted by Gasteiger charge is -2.19. The van der Waals surface area contributed by atoms with E-state index >= 15 is 0 Å². The first kappa shape index (κ1) is 20.9. The van der Waals surface area contributed by atoms with Crippen LogP contribution in [0.25, 0.3) is 0 Å². The van der Waals surface area contributed by atoms with Crippen LogP contribution in [0.5, 0.6) is 11.5 Å². The Morgan fingerprint density at radius 1 is 1.17 bits per heavy atom. The smallest absolute Gasteiger partial charge is 0.243 e. The average Bonchev–Trinajstić information content (AvgIpc) is 3.49. The number of hydrogen-bond donors (Lipinski definition) is 1. The third-order valence-electron chi connectivity index (χ3n) is 5.21. The Kier molecular flexibility index (Phi) is 6.26. The summed E-state index contributed by atoms with van der Waals surface area (Å²) in [7, 11) is 1.61. The van der Waals surface area contributed by atoms with Crippen molar-refractivity contribution in [2.24, 2.45) is 11.0 Å². The van der Waals surface area contributed by atoms with Crippen LogP contribution in [0.2, 0.25) is 0 Å². The van der Waals surface area contributed by atoms with Gasteiger partial charge in [0.15, 0.2) is 11.5 Å². The second kappa shape index (κ2) is 8.68. The van der Waals surface area contributed by atoms with Gasteiger partial charge in [-0.2, -0.15) is 5.10 Å². The van der Waals surface area contributed by atoms with Crippen molar-refractivity contribution in [1.29, 1.82) is 0 Å². The Morgan fingerprint density at radius 2 is 1.90 bits per heavy atom. The minimum atomic E-state index is -0.0373. The van der Waals surface area contributed by atoms with E-state index < -0.39 is 0 Å². The van der Waals surface area contributed by atoms with Crippen LogP contribution in [0.3, 0.4) is 0 Å². The summed E-state index contributed by atoms with van der Waals surface area (Å²) < 4.78 is 10.8. The zero-order chi connectivity index (χ0) is 21.0. The van der Waals surface area contributed by atoms with Gasteiger partial charge in [0.25, 0.3) is 0 Å². The molecule has 0 aromatic heterocycles. The van der Waals surface area contributed by atoms with Crippen molar-refractivity contribution >= 4 is 12.1 Å². The molecule has 0 spiro atoms. The number of amides is 1. The molecular weight excluding hydrogens is 364 g/mol. The van der Waals surface area contributed by atoms with Gasteiger partial charge in [-0.25, -0.2) is 5.43 Å². The molecule has 5 heteroatoms. The molecule has 0 unspecified atom stereocenters. The Balaban J connectivity index is 1.56. The fraction of sp³-hybridized carbons (Fsp3) is 0.417. The van der Waals surface area contributed by atoms with Crippen LogP contribution >= 0.6 is 0 Å². The van der Waals surface area contributed by atoms with E-state index in [4.69, 9.17) is 9.47 Å². The first-order chi connectivity index (χ1) is 13.8. The third kappa shape index (κ3) is 5.17. The van der Waals surface area contributed by atoms with Gasteiger partial charge >= 0.3 is 0 Å². The average molecular weight is 395 g/mol. The number of nitrogens with one attached hydrogen (secondary N) is 1. The molecule has 2 aromatic carbocycles. The molecule has 0 heterocycles. The highest BCUT2D eigenvalue weighted by Crippen LogP contribution is 2.47. The molecule has 154 valence electrons. The lowest BCUT2D eigenvalue weighted by Crippen LogP contribution is -2.20. The molecular formula is C24H30N2O3. The van der Waals surface area contributed by atoms with Gasteiger partial charge in [-0.05, 0) is 59.6 Å². The number of carbonyl (C=O) groups is 1. The molecule has 5 nitrogen and oxygen atoms in total. The minimum absolute atomic E-state index is 0.0116. The van der Waals surface area contributed by atoms with Gasteiger partial charge in [-0.1, -0.05) is 45.0 Å². The van der Waals surface area contributed by atoms with E-state index in [0.29, 0.717) is 18.1 Å². The number of hydrazone groups is 1. The molecule has 2 aromatic rings. The van der Waals surface area contributed by atoms with Crippen molar-refractivity contribution in [1.82, 2.24) is 5.43 Å². The van der Waals surface area contributed by atoms with E-state index in [0.717, 1.165) is 12.0 Å². The van der Waals surface area contributed by atoms with E-state index in [1.165, 1.54) is 11.1 Å². The van der Waals surface area contributed by atoms with Crippen LogP contribution < -0.4 is 14.9 Å². The largest absolute Gasteiger partial charge is 0.493 e. The summed E-state index contributed by atoms with van der Waals surface area (Å²) in [5.41, 5.74) is 6.16. The van der Waals surface area contributed by atoms with Gasteiger partial charge in [0.05, 0.1) is 19.9 Å². The van der Waals surface area contributed by atoms with Crippen LogP contribution in [-0.2, 0) is 10.2 Å². The van der Waals surface area contributed by atoms with Gasteiger partial charge in [0, 0.05) is 5.92 Å². The van der Waals surface area contributed by atoms with Crippen molar-refractivity contribution < 1.29 is 14.3 Å². The zero-order valence-corrected chi connectivity index (χ0v) is 17.9. The molecule has 0 radical (unpaired) electrons. The second-order valence-electron chi connectivity index (χ2n) is 8.40. The van der Waals surface area contributed by atoms with E-state index in [1.54, 1.807) is 13.3 Å². The summed E-state index contributed by atoms with van der Waals surface area (Å²) in [6.07, 6.45) is 2.49. The standard InChI is InChI=1S/C24H30N2O3/c1-6-29-22-13-16(7-12-21(22)28-5)15-25-26-23(27)20-14-19(20)17-8-10-18(11-9-17)24(2,3)4/h7-13,15,19-20H,6,14H2,1-5H3,(H,26,27)/b25-15+/t19-,20+/m1/s1. The number of carbonyl (C=O) groups excluding carboxylic acids is 1. The molecule has 2 atom stereocenters. The maximum atomic E-state index is 12.4. The van der Waals surface area contributed by atoms with E-state index in [-0.39, 0.29) is 23.2 Å². The Hall–Kier alpha value is -2.82. The monoisotopic (exact) mass is 394 g/mol. The van der Waals surface area contributed by atoms with E-state index in [2.05, 4.69) is 55.6 Å². The van der Waals surface area contributed by atoms with Crippen molar-refractivity contribution in [3.63, 3.8) is 0 Å². The maximum Gasteiger partial charge on any atom is 0.243 e. The SMILES string of the molecule is CCOc1cc(/C=N/NC(=O)[C@H]2C[C@@H]2c2ccc(C(C)(C)C)cc2)ccc1OC. The van der Waals surface area contributed by atoms with Gasteiger partial charge in [0.2, 0.25) is 5.91 Å². The molecule has 0 bridgehead atoms. The summed E-state index contributed by atoms with van der Waals surface area (Å²) in [6.45, 7) is 9.07. The van der Waals surface area contributed by atoms with Gasteiger partial charge < -0.3 is 9.47 Å². The number of rotatable bonds is 7. The molecule has 0 saturated heterocycles. The summed E-state index contributed by atoms with van der Waals surface area (Å²) in [5.74, 6) is 1.56. The fourth-order valence-electron chi connectivity index (χ4n) is 3.38. The Labute approximate surface area is 173 Å². The van der Waals surface area contributed by atoms with Gasteiger partial charge in [-0.3, -0.25) is 4.79 Å². The number of ether oxygens (including phenoxy) is 2. The predicted octanol–water partition coefficient (Wildman–Crippen LogP) is 4.65. The number of methoxy groups -OCH3 is 1. The highest BCUT2D eigenvalue weighted by atomic mass is 16.5. The van der Waals surface area contributed by atoms with E-state index in [1.807, 2.05) is 25.1 Å². The highest BCUT2D eigenvalue weighted by molar-refractivity contribution is 5.86. The van der Waals surface area contributed by atoms with Crippen molar-refractivity contribution in [3.05, 3.63) is 59.2 Å². The Bertz CT molecular complexity index is 882. The number of nitrogens with zero attached hydrogens (tertiary/aromatic N) is 1. The zero-order valence-electron chi connectivity index (χ0n) is 17.9. The van der Waals surface area contributed by atoms with Gasteiger partial charge in [-0.15, -0.1) is 0 Å². The summed E-state index contributed by atoms with van der Waals surface area (Å²) in [4.78, 5) is 12.4. The van der Waals surface area contributed by atoms with Crippen LogP contribution in [0.15, 0.2) is 47.6 Å². The van der Waals surface area contributed by atoms with Crippen LogP contribution in [0.4, 0.5) is 0 Å². The second-order valence-corrected chi connectivity index (χ2v) is 8.40. The minimum Gasteiger partial charge on any atom is -0.493 e. The van der Waals surface area contributed by atoms with Crippen molar-refractivity contribution in [2.75, 3.05) is 13.7 Å². The molecule has 1 amide bonds. The lowest BCUT2D eigenvalue weighted by atomic mass is 9.86. The first-order valence-electron chi connectivity index (χ1n) is 10.1. The molecule has 29 heavy (non-hydrogen) atoms. The van der Waals surface area contributed by atoms with Crippen molar-refractivity contribution in [3.8, 4) is 11.5 Å². The van der Waals surface area contributed by atoms with Crippen molar-refractivity contribution in [2.45, 2.75) is 45.4 Å². The lowest BCUT2D eigenvalue weighted by molar-refractivity contribution is -0.122. The van der Waals surface area contributed by atoms with Crippen LogP contribution in [0.1, 0.15) is 56.7 Å². The molecule has 1 N–H and O–H groups in total. The highest BCUT2D eigenvalue weighted by Gasteiger charge is 2.44. The molecule has 3 rings (SSSR count). The first-order valence-corrected chi connectivity index (χ1v) is 10.1. The fourth-order valence-corrected chi connectivity index (χ4v) is 3.38. The van der Waals surface area contributed by atoms with E-state index in [9.17, 15) is 4.79 Å². The van der Waals surface area contributed by atoms with Gasteiger partial charge in [0.1, 0.15) is 0 Å². The quantitative estimate of drug-likeness (QED) is 0.549. The van der Waals surface area contributed by atoms with Crippen LogP contribution in [-0.4, -0.2) is 25.8 Å². The molecule has 1 fully saturated rings. The Morgan fingerprint density at radius 3 is 2.52 bits per heavy atom. The molecule has 1 aliphatic rings. The summed E-state index contributed by atoms with van der Waals surface area (Å²) in [5, 5.41) is 4.11. The molecule has 1 saturated carbocycles. The predicted molar refractivity (Wildman–Crippen MR) is 116 cm³/mol.